The van der Waals surface area contributed by atoms with Gasteiger partial charge >= 0.3 is 0 Å². The number of nitrogens with zero attached hydrogens (tertiary/aromatic N) is 3. The number of Topliss-reactive ketones (excluding diaryl/α,β-unsaturated/α-hetero) is 1. The number of ketones is 1. The fourth-order valence-electron chi connectivity index (χ4n) is 3.06. The molecule has 0 radical (unpaired) electrons. The smallest absolute Gasteiger partial charge is 0.253 e. The SMILES string of the molecule is Cc1ccnc(C(C)C)c1N1C(=O)C(C(N)=O)C(=O)c2cc(F)c(Cl)nc21. The van der Waals surface area contributed by atoms with Gasteiger partial charge < -0.3 is 5.73 Å². The summed E-state index contributed by atoms with van der Waals surface area (Å²) in [6.07, 6.45) is 1.59. The largest absolute Gasteiger partial charge is 0.369 e. The Morgan fingerprint density at radius 1 is 1.37 bits per heavy atom. The highest BCUT2D eigenvalue weighted by Crippen LogP contribution is 2.40. The first-order valence-corrected chi connectivity index (χ1v) is 8.52. The molecule has 2 N–H and O–H groups in total. The number of aromatic nitrogens is 2. The third-order valence-corrected chi connectivity index (χ3v) is 4.59. The molecule has 0 saturated heterocycles. The van der Waals surface area contributed by atoms with Gasteiger partial charge in [0.1, 0.15) is 0 Å². The van der Waals surface area contributed by atoms with Crippen molar-refractivity contribution in [3.05, 3.63) is 46.1 Å². The van der Waals surface area contributed by atoms with Crippen molar-refractivity contribution < 1.29 is 18.8 Å². The van der Waals surface area contributed by atoms with Crippen LogP contribution in [0.25, 0.3) is 0 Å². The van der Waals surface area contributed by atoms with Crippen LogP contribution in [0.3, 0.4) is 0 Å². The van der Waals surface area contributed by atoms with E-state index in [-0.39, 0.29) is 17.3 Å². The summed E-state index contributed by atoms with van der Waals surface area (Å²) in [7, 11) is 0. The Kier molecular flexibility index (Phi) is 4.69. The Bertz CT molecular complexity index is 993. The molecule has 1 aliphatic heterocycles. The molecule has 0 bridgehead atoms. The number of halogens is 2. The summed E-state index contributed by atoms with van der Waals surface area (Å²) in [6, 6.07) is 2.54. The fourth-order valence-corrected chi connectivity index (χ4v) is 3.20. The van der Waals surface area contributed by atoms with Gasteiger partial charge in [-0.3, -0.25) is 24.3 Å². The van der Waals surface area contributed by atoms with Crippen LogP contribution in [0, 0.1) is 18.7 Å². The van der Waals surface area contributed by atoms with E-state index in [1.165, 1.54) is 0 Å². The Morgan fingerprint density at radius 3 is 2.63 bits per heavy atom. The first-order valence-electron chi connectivity index (χ1n) is 8.14. The molecule has 27 heavy (non-hydrogen) atoms. The number of rotatable bonds is 3. The minimum absolute atomic E-state index is 0.0864. The maximum atomic E-state index is 13.9. The molecule has 0 fully saturated rings. The monoisotopic (exact) mass is 390 g/mol. The van der Waals surface area contributed by atoms with Crippen LogP contribution in [0.1, 0.15) is 41.4 Å². The predicted octanol–water partition coefficient (Wildman–Crippen LogP) is 2.66. The van der Waals surface area contributed by atoms with Gasteiger partial charge in [-0.05, 0) is 30.5 Å². The highest BCUT2D eigenvalue weighted by molar-refractivity contribution is 6.33. The van der Waals surface area contributed by atoms with Crippen LogP contribution in [0.2, 0.25) is 5.15 Å². The fraction of sp³-hybridized carbons (Fsp3) is 0.278. The summed E-state index contributed by atoms with van der Waals surface area (Å²) in [5.74, 6) is -5.84. The standard InChI is InChI=1S/C18H16ClFN4O3/c1-7(2)12-13(8(3)4-5-22-12)24-17-9(6-10(20)15(19)23-17)14(25)11(16(21)26)18(24)27/h4-7,11H,1-3H3,(H2,21,26). The van der Waals surface area contributed by atoms with Crippen LogP contribution in [0.15, 0.2) is 18.3 Å². The highest BCUT2D eigenvalue weighted by Gasteiger charge is 2.46. The van der Waals surface area contributed by atoms with Gasteiger partial charge in [-0.2, -0.15) is 0 Å². The zero-order chi connectivity index (χ0) is 20.0. The molecule has 140 valence electrons. The average Bonchev–Trinajstić information content (AvgIpc) is 2.57. The minimum atomic E-state index is -1.78. The summed E-state index contributed by atoms with van der Waals surface area (Å²) < 4.78 is 13.9. The molecule has 2 aromatic heterocycles. The first kappa shape index (κ1) is 18.9. The lowest BCUT2D eigenvalue weighted by Gasteiger charge is -2.33. The van der Waals surface area contributed by atoms with Crippen LogP contribution in [0.4, 0.5) is 15.9 Å². The summed E-state index contributed by atoms with van der Waals surface area (Å²) in [5.41, 5.74) is 6.63. The molecule has 0 saturated carbocycles. The molecule has 1 aliphatic rings. The van der Waals surface area contributed by atoms with Gasteiger partial charge in [0.05, 0.1) is 16.9 Å². The molecule has 0 aliphatic carbocycles. The van der Waals surface area contributed by atoms with E-state index in [9.17, 15) is 18.8 Å². The van der Waals surface area contributed by atoms with E-state index < -0.39 is 34.5 Å². The van der Waals surface area contributed by atoms with E-state index >= 15 is 0 Å². The van der Waals surface area contributed by atoms with Gasteiger partial charge in [0.15, 0.2) is 28.5 Å². The van der Waals surface area contributed by atoms with E-state index in [2.05, 4.69) is 9.97 Å². The lowest BCUT2D eigenvalue weighted by atomic mass is 9.90. The number of nitrogens with two attached hydrogens (primary N) is 1. The van der Waals surface area contributed by atoms with Gasteiger partial charge in [-0.1, -0.05) is 25.4 Å². The second kappa shape index (κ2) is 6.70. The van der Waals surface area contributed by atoms with Crippen LogP contribution in [-0.4, -0.2) is 27.6 Å². The molecule has 3 heterocycles. The van der Waals surface area contributed by atoms with Crippen LogP contribution >= 0.6 is 11.6 Å². The molecular formula is C18H16ClFN4O3. The third-order valence-electron chi connectivity index (χ3n) is 4.33. The minimum Gasteiger partial charge on any atom is -0.369 e. The Morgan fingerprint density at radius 2 is 2.04 bits per heavy atom. The lowest BCUT2D eigenvalue weighted by Crippen LogP contribution is -2.49. The number of amides is 2. The number of hydrogen-bond acceptors (Lipinski definition) is 5. The van der Waals surface area contributed by atoms with Crippen molar-refractivity contribution in [3.63, 3.8) is 0 Å². The zero-order valence-electron chi connectivity index (χ0n) is 14.8. The normalized spacial score (nSPS) is 16.7. The Labute approximate surface area is 159 Å². The molecule has 2 amide bonds. The van der Waals surface area contributed by atoms with Gasteiger partial charge in [0, 0.05) is 6.20 Å². The molecule has 0 spiro atoms. The second-order valence-corrected chi connectivity index (χ2v) is 6.88. The van der Waals surface area contributed by atoms with E-state index in [4.69, 9.17) is 17.3 Å². The van der Waals surface area contributed by atoms with Crippen molar-refractivity contribution in [2.75, 3.05) is 4.90 Å². The number of fused-ring (bicyclic) bond motifs is 1. The summed E-state index contributed by atoms with van der Waals surface area (Å²) in [5, 5.41) is -0.496. The number of aryl methyl sites for hydroxylation is 1. The number of carbonyl (C=O) groups excluding carboxylic acids is 3. The van der Waals surface area contributed by atoms with Gasteiger partial charge in [0.25, 0.3) is 5.91 Å². The second-order valence-electron chi connectivity index (χ2n) is 6.52. The molecule has 0 aromatic carbocycles. The number of carbonyl (C=O) groups is 3. The average molecular weight is 391 g/mol. The van der Waals surface area contributed by atoms with Crippen LogP contribution < -0.4 is 10.6 Å². The third kappa shape index (κ3) is 2.95. The van der Waals surface area contributed by atoms with Gasteiger partial charge in [-0.25, -0.2) is 9.37 Å². The summed E-state index contributed by atoms with van der Waals surface area (Å²) in [4.78, 5) is 46.8. The number of hydrogen-bond donors (Lipinski definition) is 1. The van der Waals surface area contributed by atoms with Crippen molar-refractivity contribution in [1.82, 2.24) is 9.97 Å². The van der Waals surface area contributed by atoms with E-state index in [1.807, 2.05) is 13.8 Å². The molecular weight excluding hydrogens is 375 g/mol. The van der Waals surface area contributed by atoms with Crippen LogP contribution in [-0.2, 0) is 9.59 Å². The number of primary amides is 1. The molecule has 1 atom stereocenters. The predicted molar refractivity (Wildman–Crippen MR) is 96.4 cm³/mol. The molecule has 9 heteroatoms. The molecule has 1 unspecified atom stereocenters. The van der Waals surface area contributed by atoms with E-state index in [0.29, 0.717) is 16.9 Å². The molecule has 3 rings (SSSR count). The van der Waals surface area contributed by atoms with Crippen molar-refractivity contribution in [2.24, 2.45) is 11.7 Å². The van der Waals surface area contributed by atoms with Crippen LogP contribution in [0.5, 0.6) is 0 Å². The quantitative estimate of drug-likeness (QED) is 0.640. The maximum Gasteiger partial charge on any atom is 0.253 e. The van der Waals surface area contributed by atoms with E-state index in [1.54, 1.807) is 19.2 Å². The Hall–Kier alpha value is -2.87. The van der Waals surface area contributed by atoms with Gasteiger partial charge in [-0.15, -0.1) is 0 Å². The lowest BCUT2D eigenvalue weighted by molar-refractivity contribution is -0.129. The summed E-state index contributed by atoms with van der Waals surface area (Å²) in [6.45, 7) is 5.50. The van der Waals surface area contributed by atoms with Crippen molar-refractivity contribution >= 4 is 40.7 Å². The first-order chi connectivity index (χ1) is 12.6. The van der Waals surface area contributed by atoms with Crippen molar-refractivity contribution in [3.8, 4) is 0 Å². The number of anilines is 2. The highest BCUT2D eigenvalue weighted by atomic mass is 35.5. The topological polar surface area (TPSA) is 106 Å². The van der Waals surface area contributed by atoms with Crippen molar-refractivity contribution in [1.29, 1.82) is 0 Å². The zero-order valence-corrected chi connectivity index (χ0v) is 15.5. The van der Waals surface area contributed by atoms with Gasteiger partial charge in [0.2, 0.25) is 5.91 Å². The van der Waals surface area contributed by atoms with Crippen molar-refractivity contribution in [2.45, 2.75) is 26.7 Å². The molecule has 7 nitrogen and oxygen atoms in total. The van der Waals surface area contributed by atoms with E-state index in [0.717, 1.165) is 11.0 Å². The molecule has 2 aromatic rings. The maximum absolute atomic E-state index is 13.9. The Balaban J connectivity index is 2.38. The number of pyridine rings is 2. The summed E-state index contributed by atoms with van der Waals surface area (Å²) >= 11 is 5.79.